The molecule has 140 valence electrons. The second-order valence-electron chi connectivity index (χ2n) is 5.81. The summed E-state index contributed by atoms with van der Waals surface area (Å²) in [6, 6.07) is 13.0. The number of nitrogens with zero attached hydrogens (tertiary/aromatic N) is 3. The molecule has 0 aliphatic rings. The molecule has 0 spiro atoms. The second kappa shape index (κ2) is 9.17. The van der Waals surface area contributed by atoms with Gasteiger partial charge in [0.2, 0.25) is 4.77 Å². The predicted octanol–water partition coefficient (Wildman–Crippen LogP) is 5.66. The number of para-hydroxylation sites is 1. The summed E-state index contributed by atoms with van der Waals surface area (Å²) in [6.45, 7) is 2.41. The largest absolute Gasteiger partial charge is 0.488 e. The molecule has 0 saturated heterocycles. The number of rotatable bonds is 7. The van der Waals surface area contributed by atoms with Crippen LogP contribution in [0.3, 0.4) is 0 Å². The minimum Gasteiger partial charge on any atom is -0.488 e. The lowest BCUT2D eigenvalue weighted by molar-refractivity contribution is 0.306. The van der Waals surface area contributed by atoms with Crippen LogP contribution in [0.4, 0.5) is 0 Å². The summed E-state index contributed by atoms with van der Waals surface area (Å²) in [5.41, 5.74) is 1.68. The molecule has 0 unspecified atom stereocenters. The molecule has 1 heterocycles. The van der Waals surface area contributed by atoms with Crippen molar-refractivity contribution in [2.45, 2.75) is 26.4 Å². The minimum absolute atomic E-state index is 0.326. The monoisotopic (exact) mass is 420 g/mol. The van der Waals surface area contributed by atoms with Crippen molar-refractivity contribution in [3.63, 3.8) is 0 Å². The van der Waals surface area contributed by atoms with Gasteiger partial charge in [-0.25, -0.2) is 0 Å². The molecule has 0 aliphatic carbocycles. The van der Waals surface area contributed by atoms with E-state index in [1.54, 1.807) is 23.0 Å². The number of benzene rings is 2. The van der Waals surface area contributed by atoms with Gasteiger partial charge in [-0.1, -0.05) is 48.3 Å². The highest BCUT2D eigenvalue weighted by Crippen LogP contribution is 2.24. The number of aromatic amines is 1. The summed E-state index contributed by atoms with van der Waals surface area (Å²) >= 11 is 17.4. The van der Waals surface area contributed by atoms with Crippen LogP contribution in [0.25, 0.3) is 0 Å². The van der Waals surface area contributed by atoms with Crippen LogP contribution in [0.5, 0.6) is 5.75 Å². The topological polar surface area (TPSA) is 55.2 Å². The fraction of sp³-hybridized carbons (Fsp3) is 0.211. The van der Waals surface area contributed by atoms with Crippen LogP contribution < -0.4 is 4.74 Å². The SMILES string of the molecule is CCCc1n[nH]c(=S)n1N=Cc1ccccc1OCc1ccc(Cl)cc1Cl. The van der Waals surface area contributed by atoms with Gasteiger partial charge in [0.1, 0.15) is 12.4 Å². The van der Waals surface area contributed by atoms with Crippen LogP contribution in [0, 0.1) is 4.77 Å². The Balaban J connectivity index is 1.80. The third kappa shape index (κ3) is 4.97. The molecule has 0 radical (unpaired) electrons. The molecule has 3 rings (SSSR count). The smallest absolute Gasteiger partial charge is 0.216 e. The zero-order valence-corrected chi connectivity index (χ0v) is 17.0. The Bertz CT molecular complexity index is 1010. The molecule has 0 atom stereocenters. The fourth-order valence-electron chi connectivity index (χ4n) is 2.46. The third-order valence-corrected chi connectivity index (χ3v) is 4.67. The zero-order chi connectivity index (χ0) is 19.2. The van der Waals surface area contributed by atoms with Crippen molar-refractivity contribution in [2.24, 2.45) is 5.10 Å². The highest BCUT2D eigenvalue weighted by atomic mass is 35.5. The van der Waals surface area contributed by atoms with E-state index in [-0.39, 0.29) is 0 Å². The molecular weight excluding hydrogens is 403 g/mol. The number of aromatic nitrogens is 3. The number of hydrogen-bond donors (Lipinski definition) is 1. The van der Waals surface area contributed by atoms with Crippen molar-refractivity contribution in [3.8, 4) is 5.75 Å². The Morgan fingerprint density at radius 2 is 2.07 bits per heavy atom. The lowest BCUT2D eigenvalue weighted by Gasteiger charge is -2.10. The quantitative estimate of drug-likeness (QED) is 0.396. The van der Waals surface area contributed by atoms with E-state index in [9.17, 15) is 0 Å². The first kappa shape index (κ1) is 19.6. The van der Waals surface area contributed by atoms with Crippen molar-refractivity contribution in [2.75, 3.05) is 0 Å². The third-order valence-electron chi connectivity index (χ3n) is 3.82. The Labute approximate surface area is 172 Å². The normalized spacial score (nSPS) is 11.2. The number of aryl methyl sites for hydroxylation is 1. The van der Waals surface area contributed by atoms with E-state index in [4.69, 9.17) is 40.2 Å². The van der Waals surface area contributed by atoms with Crippen molar-refractivity contribution in [1.29, 1.82) is 0 Å². The van der Waals surface area contributed by atoms with E-state index in [2.05, 4.69) is 22.2 Å². The van der Waals surface area contributed by atoms with Gasteiger partial charge >= 0.3 is 0 Å². The van der Waals surface area contributed by atoms with E-state index in [0.717, 1.165) is 29.8 Å². The summed E-state index contributed by atoms with van der Waals surface area (Å²) in [5.74, 6) is 1.49. The lowest BCUT2D eigenvalue weighted by Crippen LogP contribution is -2.01. The summed E-state index contributed by atoms with van der Waals surface area (Å²) in [7, 11) is 0. The van der Waals surface area contributed by atoms with E-state index >= 15 is 0 Å². The molecule has 0 amide bonds. The van der Waals surface area contributed by atoms with Crippen molar-refractivity contribution in [1.82, 2.24) is 14.9 Å². The Morgan fingerprint density at radius 3 is 2.85 bits per heavy atom. The fourth-order valence-corrected chi connectivity index (χ4v) is 3.12. The van der Waals surface area contributed by atoms with Gasteiger partial charge in [0.25, 0.3) is 0 Å². The van der Waals surface area contributed by atoms with Gasteiger partial charge in [0.05, 0.1) is 6.21 Å². The van der Waals surface area contributed by atoms with Gasteiger partial charge in [-0.05, 0) is 42.9 Å². The molecule has 3 aromatic rings. The zero-order valence-electron chi connectivity index (χ0n) is 14.7. The molecule has 1 aromatic heterocycles. The molecule has 8 heteroatoms. The van der Waals surface area contributed by atoms with Gasteiger partial charge in [-0.15, -0.1) is 0 Å². The van der Waals surface area contributed by atoms with Crippen LogP contribution in [0.15, 0.2) is 47.6 Å². The van der Waals surface area contributed by atoms with E-state index in [1.807, 2.05) is 30.3 Å². The van der Waals surface area contributed by atoms with Crippen molar-refractivity contribution >= 4 is 41.6 Å². The average molecular weight is 421 g/mol. The molecule has 0 saturated carbocycles. The molecular formula is C19H18Cl2N4OS. The predicted molar refractivity (Wildman–Crippen MR) is 112 cm³/mol. The maximum absolute atomic E-state index is 6.21. The highest BCUT2D eigenvalue weighted by Gasteiger charge is 2.07. The molecule has 1 N–H and O–H groups in total. The molecule has 0 fully saturated rings. The Hall–Kier alpha value is -2.15. The van der Waals surface area contributed by atoms with Crippen LogP contribution in [0.1, 0.15) is 30.3 Å². The summed E-state index contributed by atoms with van der Waals surface area (Å²) in [6.07, 6.45) is 3.46. The second-order valence-corrected chi connectivity index (χ2v) is 7.04. The maximum atomic E-state index is 6.21. The van der Waals surface area contributed by atoms with Gasteiger partial charge in [0, 0.05) is 27.6 Å². The minimum atomic E-state index is 0.326. The van der Waals surface area contributed by atoms with Gasteiger partial charge in [-0.2, -0.15) is 14.9 Å². The number of ether oxygens (including phenoxy) is 1. The Kier molecular flexibility index (Phi) is 6.66. The van der Waals surface area contributed by atoms with Gasteiger partial charge in [0.15, 0.2) is 5.82 Å². The summed E-state index contributed by atoms with van der Waals surface area (Å²) in [5, 5.41) is 12.6. The molecule has 27 heavy (non-hydrogen) atoms. The van der Waals surface area contributed by atoms with E-state index in [1.165, 1.54) is 0 Å². The summed E-state index contributed by atoms with van der Waals surface area (Å²) < 4.78 is 8.03. The van der Waals surface area contributed by atoms with Crippen LogP contribution in [-0.4, -0.2) is 21.1 Å². The van der Waals surface area contributed by atoms with Crippen molar-refractivity contribution < 1.29 is 4.74 Å². The highest BCUT2D eigenvalue weighted by molar-refractivity contribution is 7.71. The standard InChI is InChI=1S/C19H18Cl2N4OS/c1-2-5-18-23-24-19(27)25(18)22-11-13-6-3-4-7-17(13)26-12-14-8-9-15(20)10-16(14)21/h3-4,6-11H,2,5,12H2,1H3,(H,24,27). The lowest BCUT2D eigenvalue weighted by atomic mass is 10.2. The number of nitrogens with one attached hydrogen (secondary N) is 1. The van der Waals surface area contributed by atoms with E-state index < -0.39 is 0 Å². The molecule has 5 nitrogen and oxygen atoms in total. The van der Waals surface area contributed by atoms with Gasteiger partial charge < -0.3 is 4.74 Å². The van der Waals surface area contributed by atoms with E-state index in [0.29, 0.717) is 27.2 Å². The molecule has 0 aliphatic heterocycles. The molecule has 0 bridgehead atoms. The number of H-pyrrole nitrogens is 1. The van der Waals surface area contributed by atoms with Gasteiger partial charge in [-0.3, -0.25) is 5.10 Å². The summed E-state index contributed by atoms with van der Waals surface area (Å²) in [4.78, 5) is 0. The maximum Gasteiger partial charge on any atom is 0.216 e. The number of hydrogen-bond acceptors (Lipinski definition) is 4. The number of halogens is 2. The van der Waals surface area contributed by atoms with Crippen molar-refractivity contribution in [3.05, 3.63) is 74.2 Å². The first-order valence-corrected chi connectivity index (χ1v) is 9.61. The van der Waals surface area contributed by atoms with Crippen LogP contribution >= 0.6 is 35.4 Å². The first-order valence-electron chi connectivity index (χ1n) is 8.45. The van der Waals surface area contributed by atoms with Crippen LogP contribution in [0.2, 0.25) is 10.0 Å². The first-order chi connectivity index (χ1) is 13.1. The average Bonchev–Trinajstić information content (AvgIpc) is 3.00. The van der Waals surface area contributed by atoms with Crippen LogP contribution in [-0.2, 0) is 13.0 Å². The Morgan fingerprint density at radius 1 is 1.26 bits per heavy atom. The molecule has 2 aromatic carbocycles.